The molecule has 0 radical (unpaired) electrons. The van der Waals surface area contributed by atoms with Gasteiger partial charge in [0.05, 0.1) is 6.20 Å². The maximum absolute atomic E-state index is 11.2. The molecule has 0 fully saturated rings. The summed E-state index contributed by atoms with van der Waals surface area (Å²) in [6.07, 6.45) is 4.02. The highest BCUT2D eigenvalue weighted by atomic mass is 16.4. The molecule has 0 amide bonds. The van der Waals surface area contributed by atoms with E-state index in [1.54, 1.807) is 0 Å². The topological polar surface area (TPSA) is 87.5 Å². The van der Waals surface area contributed by atoms with Gasteiger partial charge in [-0.3, -0.25) is 4.79 Å². The number of rotatable bonds is 1. The second-order valence-corrected chi connectivity index (χ2v) is 2.45. The third-order valence-corrected chi connectivity index (χ3v) is 1.67. The van der Waals surface area contributed by atoms with Gasteiger partial charge < -0.3 is 10.1 Å². The van der Waals surface area contributed by atoms with Gasteiger partial charge in [-0.25, -0.2) is 9.31 Å². The van der Waals surface area contributed by atoms with Crippen molar-refractivity contribution in [2.45, 2.75) is 0 Å². The number of fused-ring (bicyclic) bond motifs is 1. The Bertz CT molecular complexity index is 525. The van der Waals surface area contributed by atoms with E-state index in [1.165, 1.54) is 16.9 Å². The van der Waals surface area contributed by atoms with Gasteiger partial charge in [0.2, 0.25) is 0 Å². The fraction of sp³-hybridized carbons (Fsp3) is 0. The Morgan fingerprint density at radius 2 is 2.38 bits per heavy atom. The summed E-state index contributed by atoms with van der Waals surface area (Å²) in [5.41, 5.74) is -0.505. The normalized spacial score (nSPS) is 10.5. The lowest BCUT2D eigenvalue weighted by Crippen LogP contribution is -2.11. The fourth-order valence-electron chi connectivity index (χ4n) is 1.11. The summed E-state index contributed by atoms with van der Waals surface area (Å²) < 4.78 is 1.22. The molecule has 6 heteroatoms. The zero-order valence-electron chi connectivity index (χ0n) is 6.39. The number of aromatic carboxylic acids is 1. The third-order valence-electron chi connectivity index (χ3n) is 1.67. The number of carbonyl (C=O) groups is 1. The lowest BCUT2D eigenvalue weighted by atomic mass is 10.3. The molecule has 0 aliphatic heterocycles. The van der Waals surface area contributed by atoms with E-state index in [1.807, 2.05) is 0 Å². The summed E-state index contributed by atoms with van der Waals surface area (Å²) in [6.45, 7) is 0. The lowest BCUT2D eigenvalue weighted by Gasteiger charge is -1.90. The maximum atomic E-state index is 11.2. The number of nitrogens with zero attached hydrogens (tertiary/aromatic N) is 2. The third kappa shape index (κ3) is 0.994. The summed E-state index contributed by atoms with van der Waals surface area (Å²) in [5, 5.41) is 12.4. The molecule has 0 aliphatic carbocycles. The zero-order valence-corrected chi connectivity index (χ0v) is 6.39. The Balaban J connectivity index is 2.95. The first-order chi connectivity index (χ1) is 6.20. The molecule has 0 saturated carbocycles. The number of aromatic amines is 1. The summed E-state index contributed by atoms with van der Waals surface area (Å²) in [5.74, 6) is -1.16. The maximum Gasteiger partial charge on any atom is 0.339 e. The van der Waals surface area contributed by atoms with E-state index in [2.05, 4.69) is 10.1 Å². The van der Waals surface area contributed by atoms with Crippen LogP contribution in [0.25, 0.3) is 5.52 Å². The highest BCUT2D eigenvalue weighted by molar-refractivity contribution is 5.94. The van der Waals surface area contributed by atoms with E-state index < -0.39 is 11.5 Å². The number of hydrogen-bond acceptors (Lipinski definition) is 3. The fourth-order valence-corrected chi connectivity index (χ4v) is 1.11. The highest BCUT2D eigenvalue weighted by Crippen LogP contribution is 2.03. The van der Waals surface area contributed by atoms with E-state index in [0.717, 1.165) is 6.20 Å². The van der Waals surface area contributed by atoms with E-state index in [4.69, 9.17) is 5.11 Å². The van der Waals surface area contributed by atoms with Crippen molar-refractivity contribution in [1.82, 2.24) is 14.6 Å². The summed E-state index contributed by atoms with van der Waals surface area (Å²) in [6, 6.07) is 0. The van der Waals surface area contributed by atoms with Gasteiger partial charge in [0.1, 0.15) is 11.1 Å². The molecular formula is C7H5N3O3. The minimum Gasteiger partial charge on any atom is -0.478 e. The number of hydrogen-bond donors (Lipinski definition) is 2. The molecule has 0 unspecified atom stereocenters. The van der Waals surface area contributed by atoms with Gasteiger partial charge in [-0.05, 0) is 0 Å². The van der Waals surface area contributed by atoms with Gasteiger partial charge in [-0.2, -0.15) is 5.10 Å². The molecule has 0 atom stereocenters. The Morgan fingerprint density at radius 1 is 1.62 bits per heavy atom. The van der Waals surface area contributed by atoms with Crippen molar-refractivity contribution in [3.63, 3.8) is 0 Å². The van der Waals surface area contributed by atoms with Gasteiger partial charge in [0.15, 0.2) is 0 Å². The van der Waals surface area contributed by atoms with Crippen LogP contribution in [0.1, 0.15) is 10.4 Å². The van der Waals surface area contributed by atoms with Crippen LogP contribution in [0.15, 0.2) is 23.4 Å². The molecule has 6 nitrogen and oxygen atoms in total. The van der Waals surface area contributed by atoms with Gasteiger partial charge >= 0.3 is 5.97 Å². The molecule has 2 N–H and O–H groups in total. The smallest absolute Gasteiger partial charge is 0.339 e. The average Bonchev–Trinajstić information content (AvgIpc) is 2.49. The van der Waals surface area contributed by atoms with Crippen LogP contribution < -0.4 is 5.56 Å². The van der Waals surface area contributed by atoms with E-state index in [-0.39, 0.29) is 11.1 Å². The molecule has 2 aromatic rings. The second-order valence-electron chi connectivity index (χ2n) is 2.45. The molecule has 13 heavy (non-hydrogen) atoms. The van der Waals surface area contributed by atoms with Crippen molar-refractivity contribution in [2.24, 2.45) is 0 Å². The molecule has 66 valence electrons. The van der Waals surface area contributed by atoms with Crippen molar-refractivity contribution in [1.29, 1.82) is 0 Å². The SMILES string of the molecule is O=C(O)c1cnn2cc[nH]c(=O)c12. The molecule has 2 heterocycles. The van der Waals surface area contributed by atoms with Gasteiger partial charge in [-0.1, -0.05) is 0 Å². The van der Waals surface area contributed by atoms with Crippen molar-refractivity contribution < 1.29 is 9.90 Å². The van der Waals surface area contributed by atoms with Crippen molar-refractivity contribution in [2.75, 3.05) is 0 Å². The average molecular weight is 179 g/mol. The van der Waals surface area contributed by atoms with Gasteiger partial charge in [0.25, 0.3) is 5.56 Å². The molecule has 0 spiro atoms. The molecular weight excluding hydrogens is 174 g/mol. The first kappa shape index (κ1) is 7.53. The van der Waals surface area contributed by atoms with Crippen LogP contribution in [-0.4, -0.2) is 25.7 Å². The lowest BCUT2D eigenvalue weighted by molar-refractivity contribution is 0.0699. The first-order valence-corrected chi connectivity index (χ1v) is 3.48. The summed E-state index contributed by atoms with van der Waals surface area (Å²) in [4.78, 5) is 24.2. The van der Waals surface area contributed by atoms with Crippen LogP contribution in [0.3, 0.4) is 0 Å². The van der Waals surface area contributed by atoms with Crippen molar-refractivity contribution in [3.05, 3.63) is 34.5 Å². The van der Waals surface area contributed by atoms with Crippen LogP contribution in [-0.2, 0) is 0 Å². The molecule has 0 aromatic carbocycles. The quantitative estimate of drug-likeness (QED) is 0.630. The number of aromatic nitrogens is 3. The highest BCUT2D eigenvalue weighted by Gasteiger charge is 2.13. The monoisotopic (exact) mass is 179 g/mol. The Kier molecular flexibility index (Phi) is 1.42. The minimum absolute atomic E-state index is 0.0509. The van der Waals surface area contributed by atoms with E-state index in [9.17, 15) is 9.59 Å². The Morgan fingerprint density at radius 3 is 3.08 bits per heavy atom. The van der Waals surface area contributed by atoms with Gasteiger partial charge in [-0.15, -0.1) is 0 Å². The molecule has 2 rings (SSSR count). The molecule has 2 aromatic heterocycles. The van der Waals surface area contributed by atoms with Crippen molar-refractivity contribution in [3.8, 4) is 0 Å². The number of carboxylic acids is 1. The number of H-pyrrole nitrogens is 1. The van der Waals surface area contributed by atoms with Gasteiger partial charge in [0, 0.05) is 12.4 Å². The zero-order chi connectivity index (χ0) is 9.42. The molecule has 0 aliphatic rings. The largest absolute Gasteiger partial charge is 0.478 e. The second kappa shape index (κ2) is 2.44. The summed E-state index contributed by atoms with van der Waals surface area (Å²) >= 11 is 0. The van der Waals surface area contributed by atoms with E-state index in [0.29, 0.717) is 0 Å². The molecule has 0 saturated heterocycles. The van der Waals surface area contributed by atoms with Crippen LogP contribution in [0.5, 0.6) is 0 Å². The van der Waals surface area contributed by atoms with Crippen LogP contribution in [0.4, 0.5) is 0 Å². The standard InChI is InChI=1S/C7H5N3O3/c11-6-5-4(7(12)13)3-9-10(5)2-1-8-6/h1-3H,(H,8,11)(H,12,13). The van der Waals surface area contributed by atoms with Crippen LogP contribution in [0.2, 0.25) is 0 Å². The molecule has 0 bridgehead atoms. The van der Waals surface area contributed by atoms with E-state index >= 15 is 0 Å². The number of nitrogens with one attached hydrogen (secondary N) is 1. The summed E-state index contributed by atoms with van der Waals surface area (Å²) in [7, 11) is 0. The predicted octanol–water partition coefficient (Wildman–Crippen LogP) is -0.279. The van der Waals surface area contributed by atoms with Crippen LogP contribution >= 0.6 is 0 Å². The predicted molar refractivity (Wildman–Crippen MR) is 42.8 cm³/mol. The number of carboxylic acid groups (broad SMARTS) is 1. The Hall–Kier alpha value is -2.11. The first-order valence-electron chi connectivity index (χ1n) is 3.48. The minimum atomic E-state index is -1.16. The van der Waals surface area contributed by atoms with Crippen molar-refractivity contribution >= 4 is 11.5 Å². The van der Waals surface area contributed by atoms with Crippen LogP contribution in [0, 0.1) is 0 Å². The Labute approximate surface area is 71.4 Å².